The lowest BCUT2D eigenvalue weighted by molar-refractivity contribution is 0.207. The number of aryl methyl sites for hydroxylation is 2. The quantitative estimate of drug-likeness (QED) is 0.573. The number of halogens is 1. The molecule has 170 valence electrons. The van der Waals surface area contributed by atoms with E-state index < -0.39 is 21.9 Å². The van der Waals surface area contributed by atoms with Gasteiger partial charge >= 0.3 is 6.09 Å². The van der Waals surface area contributed by atoms with E-state index in [4.69, 9.17) is 4.74 Å². The van der Waals surface area contributed by atoms with Crippen molar-refractivity contribution >= 4 is 27.6 Å². The fraction of sp³-hybridized carbons (Fsp3) is 0.300. The van der Waals surface area contributed by atoms with Gasteiger partial charge in [-0.05, 0) is 45.0 Å². The number of pyridine rings is 1. The van der Waals surface area contributed by atoms with Crippen LogP contribution in [0.3, 0.4) is 0 Å². The Morgan fingerprint density at radius 3 is 2.62 bits per heavy atom. The summed E-state index contributed by atoms with van der Waals surface area (Å²) >= 11 is 0. The molecule has 0 aliphatic carbocycles. The van der Waals surface area contributed by atoms with Crippen LogP contribution in [0.4, 0.5) is 20.7 Å². The second-order valence-electron chi connectivity index (χ2n) is 6.79. The SMILES string of the molecule is CCN(C(=O)Oc1cccc(F)c1)c1c(-c2ccc(NS(=O)(=O)CC)c(C)n2)nnn1C. The minimum Gasteiger partial charge on any atom is -0.410 e. The van der Waals surface area contributed by atoms with Gasteiger partial charge in [-0.15, -0.1) is 5.10 Å². The number of carbonyl (C=O) groups is 1. The highest BCUT2D eigenvalue weighted by Crippen LogP contribution is 2.29. The van der Waals surface area contributed by atoms with Crippen molar-refractivity contribution in [1.82, 2.24) is 20.0 Å². The number of amides is 1. The first-order valence-corrected chi connectivity index (χ1v) is 11.4. The van der Waals surface area contributed by atoms with Crippen LogP contribution in [0.15, 0.2) is 36.4 Å². The van der Waals surface area contributed by atoms with E-state index in [0.29, 0.717) is 28.6 Å². The number of nitrogens with one attached hydrogen (secondary N) is 1. The zero-order valence-corrected chi connectivity index (χ0v) is 18.9. The topological polar surface area (TPSA) is 119 Å². The summed E-state index contributed by atoms with van der Waals surface area (Å²) in [6.45, 7) is 5.15. The van der Waals surface area contributed by atoms with Crippen molar-refractivity contribution in [2.45, 2.75) is 20.8 Å². The highest BCUT2D eigenvalue weighted by molar-refractivity contribution is 7.92. The summed E-state index contributed by atoms with van der Waals surface area (Å²) in [6, 6.07) is 8.42. The van der Waals surface area contributed by atoms with Gasteiger partial charge in [-0.1, -0.05) is 11.3 Å². The highest BCUT2D eigenvalue weighted by atomic mass is 32.2. The molecule has 3 aromatic rings. The van der Waals surface area contributed by atoms with Gasteiger partial charge in [0.05, 0.1) is 22.8 Å². The molecule has 0 spiro atoms. The molecule has 0 aliphatic rings. The molecule has 32 heavy (non-hydrogen) atoms. The van der Waals surface area contributed by atoms with Crippen LogP contribution in [-0.4, -0.2) is 46.8 Å². The van der Waals surface area contributed by atoms with Gasteiger partial charge in [-0.2, -0.15) is 0 Å². The van der Waals surface area contributed by atoms with Crippen LogP contribution in [-0.2, 0) is 17.1 Å². The first kappa shape index (κ1) is 23.1. The Balaban J connectivity index is 1.94. The maximum absolute atomic E-state index is 13.4. The van der Waals surface area contributed by atoms with E-state index in [2.05, 4.69) is 20.0 Å². The minimum atomic E-state index is -3.46. The smallest absolute Gasteiger partial charge is 0.410 e. The number of ether oxygens (including phenoxy) is 1. The molecule has 2 aromatic heterocycles. The van der Waals surface area contributed by atoms with Gasteiger partial charge in [0, 0.05) is 19.7 Å². The Labute approximate surface area is 185 Å². The van der Waals surface area contributed by atoms with E-state index in [9.17, 15) is 17.6 Å². The van der Waals surface area contributed by atoms with Gasteiger partial charge in [0.25, 0.3) is 0 Å². The molecule has 3 rings (SSSR count). The predicted octanol–water partition coefficient (Wildman–Crippen LogP) is 3.11. The van der Waals surface area contributed by atoms with Gasteiger partial charge in [-0.3, -0.25) is 9.62 Å². The normalized spacial score (nSPS) is 11.3. The van der Waals surface area contributed by atoms with Crippen LogP contribution >= 0.6 is 0 Å². The van der Waals surface area contributed by atoms with E-state index in [1.165, 1.54) is 34.7 Å². The lowest BCUT2D eigenvalue weighted by atomic mass is 10.2. The van der Waals surface area contributed by atoms with Crippen LogP contribution in [0.2, 0.25) is 0 Å². The Morgan fingerprint density at radius 2 is 2.00 bits per heavy atom. The second-order valence-corrected chi connectivity index (χ2v) is 8.80. The third-order valence-corrected chi connectivity index (χ3v) is 5.86. The van der Waals surface area contributed by atoms with Crippen molar-refractivity contribution in [2.75, 3.05) is 21.9 Å². The van der Waals surface area contributed by atoms with Crippen LogP contribution in [0.5, 0.6) is 5.75 Å². The van der Waals surface area contributed by atoms with Crippen molar-refractivity contribution in [2.24, 2.45) is 7.05 Å². The van der Waals surface area contributed by atoms with Gasteiger partial charge in [-0.25, -0.2) is 27.3 Å². The molecule has 0 aliphatic heterocycles. The van der Waals surface area contributed by atoms with E-state index in [1.54, 1.807) is 33.0 Å². The summed E-state index contributed by atoms with van der Waals surface area (Å²) in [6.07, 6.45) is -0.742. The largest absolute Gasteiger partial charge is 0.420 e. The minimum absolute atomic E-state index is 0.0617. The van der Waals surface area contributed by atoms with Gasteiger partial charge in [0.15, 0.2) is 11.5 Å². The number of benzene rings is 1. The Kier molecular flexibility index (Phi) is 6.72. The van der Waals surface area contributed by atoms with Crippen LogP contribution < -0.4 is 14.4 Å². The number of hydrogen-bond donors (Lipinski definition) is 1. The molecule has 0 saturated heterocycles. The maximum Gasteiger partial charge on any atom is 0.420 e. The molecule has 2 heterocycles. The van der Waals surface area contributed by atoms with Crippen molar-refractivity contribution in [1.29, 1.82) is 0 Å². The fourth-order valence-electron chi connectivity index (χ4n) is 2.91. The second kappa shape index (κ2) is 9.30. The van der Waals surface area contributed by atoms with Crippen molar-refractivity contribution in [3.63, 3.8) is 0 Å². The fourth-order valence-corrected chi connectivity index (χ4v) is 3.61. The summed E-state index contributed by atoms with van der Waals surface area (Å²) in [5.74, 6) is -0.212. The number of nitrogens with zero attached hydrogens (tertiary/aromatic N) is 5. The number of anilines is 2. The Bertz CT molecular complexity index is 1240. The van der Waals surface area contributed by atoms with E-state index in [1.807, 2.05) is 0 Å². The number of hydrogen-bond acceptors (Lipinski definition) is 7. The average molecular weight is 463 g/mol. The van der Waals surface area contributed by atoms with Crippen LogP contribution in [0, 0.1) is 12.7 Å². The summed E-state index contributed by atoms with van der Waals surface area (Å²) in [5, 5.41) is 8.12. The molecule has 0 bridgehead atoms. The molecule has 1 amide bonds. The molecule has 0 atom stereocenters. The first-order chi connectivity index (χ1) is 15.1. The molecule has 12 heteroatoms. The zero-order chi connectivity index (χ0) is 23.5. The number of aromatic nitrogens is 4. The predicted molar refractivity (Wildman–Crippen MR) is 117 cm³/mol. The molecule has 0 unspecified atom stereocenters. The lowest BCUT2D eigenvalue weighted by Gasteiger charge is -2.21. The highest BCUT2D eigenvalue weighted by Gasteiger charge is 2.26. The number of sulfonamides is 1. The molecule has 0 radical (unpaired) electrons. The standard InChI is InChI=1S/C20H23FN6O4S/c1-5-27(20(28)31-15-9-7-8-14(21)12-15)19-18(23-25-26(19)4)17-11-10-16(13(3)22-17)24-32(29,30)6-2/h7-12,24H,5-6H2,1-4H3. The maximum atomic E-state index is 13.4. The lowest BCUT2D eigenvalue weighted by Crippen LogP contribution is -2.35. The third kappa shape index (κ3) is 5.02. The molecule has 1 N–H and O–H groups in total. The van der Waals surface area contributed by atoms with E-state index >= 15 is 0 Å². The van der Waals surface area contributed by atoms with Crippen molar-refractivity contribution in [3.8, 4) is 17.1 Å². The number of carbonyl (C=O) groups excluding carboxylic acids is 1. The van der Waals surface area contributed by atoms with Gasteiger partial charge in [0.1, 0.15) is 11.6 Å². The molecular formula is C20H23FN6O4S. The molecule has 1 aromatic carbocycles. The molecular weight excluding hydrogens is 439 g/mol. The van der Waals surface area contributed by atoms with Crippen LogP contribution in [0.1, 0.15) is 19.5 Å². The summed E-state index contributed by atoms with van der Waals surface area (Å²) in [4.78, 5) is 18.5. The summed E-state index contributed by atoms with van der Waals surface area (Å²) in [7, 11) is -1.84. The van der Waals surface area contributed by atoms with Crippen molar-refractivity contribution < 1.29 is 22.3 Å². The Morgan fingerprint density at radius 1 is 1.25 bits per heavy atom. The monoisotopic (exact) mass is 462 g/mol. The average Bonchev–Trinajstić information content (AvgIpc) is 3.11. The third-order valence-electron chi connectivity index (χ3n) is 4.56. The number of rotatable bonds is 7. The van der Waals surface area contributed by atoms with E-state index in [-0.39, 0.29) is 18.0 Å². The summed E-state index contributed by atoms with van der Waals surface area (Å²) in [5.41, 5.74) is 1.47. The first-order valence-electron chi connectivity index (χ1n) is 9.78. The molecule has 10 nitrogen and oxygen atoms in total. The van der Waals surface area contributed by atoms with E-state index in [0.717, 1.165) is 6.07 Å². The van der Waals surface area contributed by atoms with Crippen molar-refractivity contribution in [3.05, 3.63) is 47.9 Å². The molecule has 0 fully saturated rings. The zero-order valence-electron chi connectivity index (χ0n) is 18.0. The van der Waals surface area contributed by atoms with Gasteiger partial charge < -0.3 is 4.74 Å². The summed E-state index contributed by atoms with van der Waals surface area (Å²) < 4.78 is 46.3. The Hall–Kier alpha value is -3.54. The molecule has 0 saturated carbocycles. The van der Waals surface area contributed by atoms with Gasteiger partial charge in [0.2, 0.25) is 10.0 Å². The van der Waals surface area contributed by atoms with Crippen LogP contribution in [0.25, 0.3) is 11.4 Å².